The number of nitrogens with two attached hydrogens (primary N) is 1. The quantitative estimate of drug-likeness (QED) is 0.156. The van der Waals surface area contributed by atoms with Crippen LogP contribution in [0.5, 0.6) is 5.75 Å². The third-order valence-corrected chi connectivity index (χ3v) is 7.61. The van der Waals surface area contributed by atoms with Crippen LogP contribution in [-0.4, -0.2) is 45.4 Å². The van der Waals surface area contributed by atoms with Gasteiger partial charge in [-0.05, 0) is 37.0 Å². The van der Waals surface area contributed by atoms with E-state index < -0.39 is 31.1 Å². The van der Waals surface area contributed by atoms with Crippen LogP contribution >= 0.6 is 7.60 Å². The van der Waals surface area contributed by atoms with Crippen molar-refractivity contribution in [3.8, 4) is 11.8 Å². The van der Waals surface area contributed by atoms with Crippen LogP contribution in [0.1, 0.15) is 56.6 Å². The molecule has 0 radical (unpaired) electrons. The zero-order valence-corrected chi connectivity index (χ0v) is 17.9. The molecule has 2 aliphatic rings. The number of aliphatic hydroxyl groups is 3. The lowest BCUT2D eigenvalue weighted by molar-refractivity contribution is -0.290. The molecule has 0 aromatic heterocycles. The van der Waals surface area contributed by atoms with E-state index in [4.69, 9.17) is 19.5 Å². The molecular weight excluding hydrogens is 411 g/mol. The van der Waals surface area contributed by atoms with Crippen LogP contribution in [0.2, 0.25) is 0 Å². The zero-order valence-electron chi connectivity index (χ0n) is 17.0. The molecule has 0 aliphatic carbocycles. The minimum atomic E-state index is -3.47. The topological polar surface area (TPSA) is 162 Å². The number of aliphatic hydroxyl groups excluding tert-OH is 1. The molecule has 2 aliphatic heterocycles. The summed E-state index contributed by atoms with van der Waals surface area (Å²) in [6.45, 7) is 1.90. The van der Waals surface area contributed by atoms with Crippen molar-refractivity contribution in [1.82, 2.24) is 0 Å². The van der Waals surface area contributed by atoms with Gasteiger partial charge < -0.3 is 25.8 Å². The maximum absolute atomic E-state index is 11.7. The summed E-state index contributed by atoms with van der Waals surface area (Å²) in [5.41, 5.74) is 3.14. The van der Waals surface area contributed by atoms with Crippen molar-refractivity contribution in [2.24, 2.45) is 5.73 Å². The molecule has 3 rings (SSSR count). The molecule has 5 N–H and O–H groups in total. The van der Waals surface area contributed by atoms with Gasteiger partial charge >= 0.3 is 13.1 Å². The molecule has 0 bridgehead atoms. The van der Waals surface area contributed by atoms with Gasteiger partial charge in [0.1, 0.15) is 11.8 Å². The lowest BCUT2D eigenvalue weighted by Crippen LogP contribution is -2.68. The second kappa shape index (κ2) is 8.56. The van der Waals surface area contributed by atoms with E-state index in [0.29, 0.717) is 23.5 Å². The molecule has 30 heavy (non-hydrogen) atoms. The Labute approximate surface area is 175 Å². The van der Waals surface area contributed by atoms with E-state index in [1.807, 2.05) is 0 Å². The standard InChI is InChI=1S/C20H29N2O7P/c1-2-3-4-5-6-11-27-17-8-7-15(12-16(17)13-21)9-10-18(22,14-23)19(24,25)20-28-30(20,26)29-20/h7-8,12,23-25H,2-6,9-11,14,22H2,1H3. The number of hydrogen-bond donors (Lipinski definition) is 4. The van der Waals surface area contributed by atoms with Crippen LogP contribution in [0.25, 0.3) is 0 Å². The van der Waals surface area contributed by atoms with E-state index in [1.165, 1.54) is 19.3 Å². The van der Waals surface area contributed by atoms with Crippen molar-refractivity contribution in [2.45, 2.75) is 68.7 Å². The molecule has 1 aromatic rings. The van der Waals surface area contributed by atoms with Crippen LogP contribution in [0.3, 0.4) is 0 Å². The zero-order chi connectivity index (χ0) is 22.0. The molecule has 2 fully saturated rings. The normalized spacial score (nSPS) is 26.4. The molecule has 9 nitrogen and oxygen atoms in total. The number of nitrogens with zero attached hydrogens (tertiary/aromatic N) is 1. The van der Waals surface area contributed by atoms with E-state index >= 15 is 0 Å². The van der Waals surface area contributed by atoms with Crippen molar-refractivity contribution in [1.29, 1.82) is 5.26 Å². The Morgan fingerprint density at radius 1 is 1.27 bits per heavy atom. The highest BCUT2D eigenvalue weighted by molar-refractivity contribution is 7.68. The van der Waals surface area contributed by atoms with Gasteiger partial charge in [-0.2, -0.15) is 5.26 Å². The molecule has 1 aromatic carbocycles. The number of aryl methyl sites for hydroxylation is 1. The summed E-state index contributed by atoms with van der Waals surface area (Å²) < 4.78 is 27.0. The first-order valence-electron chi connectivity index (χ1n) is 10.2. The number of rotatable bonds is 13. The van der Waals surface area contributed by atoms with Crippen molar-refractivity contribution < 1.29 is 33.7 Å². The maximum atomic E-state index is 11.7. The van der Waals surface area contributed by atoms with Gasteiger partial charge in [0.2, 0.25) is 0 Å². The summed E-state index contributed by atoms with van der Waals surface area (Å²) in [6.07, 6.45) is 5.70. The summed E-state index contributed by atoms with van der Waals surface area (Å²) >= 11 is 0. The van der Waals surface area contributed by atoms with E-state index in [2.05, 4.69) is 13.0 Å². The summed E-state index contributed by atoms with van der Waals surface area (Å²) in [4.78, 5) is 0. The second-order valence-corrected chi connectivity index (χ2v) is 9.90. The smallest absolute Gasteiger partial charge is 0.403 e. The Bertz CT molecular complexity index is 859. The summed E-state index contributed by atoms with van der Waals surface area (Å²) in [7, 11) is -3.47. The minimum Gasteiger partial charge on any atom is -0.492 e. The highest BCUT2D eigenvalue weighted by atomic mass is 31.2. The summed E-state index contributed by atoms with van der Waals surface area (Å²) in [5, 5.41) is 39.9. The van der Waals surface area contributed by atoms with Gasteiger partial charge in [0.15, 0.2) is 0 Å². The lowest BCUT2D eigenvalue weighted by Gasteiger charge is -2.38. The van der Waals surface area contributed by atoms with Crippen LogP contribution in [0.15, 0.2) is 18.2 Å². The number of ether oxygens (including phenoxy) is 1. The second-order valence-electron chi connectivity index (χ2n) is 7.95. The highest BCUT2D eigenvalue weighted by Crippen LogP contribution is 3.00. The van der Waals surface area contributed by atoms with E-state index in [-0.39, 0.29) is 12.8 Å². The fourth-order valence-electron chi connectivity index (χ4n) is 3.49. The number of nitriles is 1. The predicted octanol–water partition coefficient (Wildman–Crippen LogP) is 2.12. The van der Waals surface area contributed by atoms with Gasteiger partial charge in [-0.3, -0.25) is 13.6 Å². The van der Waals surface area contributed by atoms with Crippen LogP contribution in [0.4, 0.5) is 0 Å². The third-order valence-electron chi connectivity index (χ3n) is 5.73. The summed E-state index contributed by atoms with van der Waals surface area (Å²) in [5.74, 6) is -2.32. The minimum absolute atomic E-state index is 0.0759. The van der Waals surface area contributed by atoms with Gasteiger partial charge in [0.25, 0.3) is 5.79 Å². The van der Waals surface area contributed by atoms with Gasteiger partial charge in [0.05, 0.1) is 24.3 Å². The molecular formula is C20H29N2O7P. The highest BCUT2D eigenvalue weighted by Gasteiger charge is 3.01. The molecule has 10 heteroatoms. The SMILES string of the molecule is CCCCCCCOc1ccc(CCC(N)(CO)C(O)(O)C23OP2(=O)O3)cc1C#N. The largest absolute Gasteiger partial charge is 0.492 e. The first kappa shape index (κ1) is 23.2. The number of unbranched alkanes of at least 4 members (excludes halogenated alkanes) is 4. The first-order valence-corrected chi connectivity index (χ1v) is 11.7. The third kappa shape index (κ3) is 4.02. The maximum Gasteiger partial charge on any atom is 0.403 e. The average molecular weight is 440 g/mol. The summed E-state index contributed by atoms with van der Waals surface area (Å²) in [6, 6.07) is 7.20. The Morgan fingerprint density at radius 2 is 1.93 bits per heavy atom. The Hall–Kier alpha value is -1.50. The van der Waals surface area contributed by atoms with Crippen molar-refractivity contribution in [2.75, 3.05) is 13.2 Å². The van der Waals surface area contributed by atoms with Crippen LogP contribution < -0.4 is 10.5 Å². The molecule has 1 atom stereocenters. The van der Waals surface area contributed by atoms with Crippen molar-refractivity contribution in [3.63, 3.8) is 0 Å². The van der Waals surface area contributed by atoms with Gasteiger partial charge in [0, 0.05) is 0 Å². The molecule has 0 amide bonds. The average Bonchev–Trinajstić information content (AvgIpc) is 3.54. The Kier molecular flexibility index (Phi) is 6.61. The molecule has 0 spiro atoms. The molecule has 1 unspecified atom stereocenters. The van der Waals surface area contributed by atoms with Crippen molar-refractivity contribution >= 4 is 7.60 Å². The van der Waals surface area contributed by atoms with Crippen LogP contribution in [0, 0.1) is 11.3 Å². The number of fused-ring (bicyclic) bond motifs is 1. The van der Waals surface area contributed by atoms with Crippen LogP contribution in [-0.2, 0) is 20.0 Å². The fraction of sp³-hybridized carbons (Fsp3) is 0.650. The molecule has 2 saturated heterocycles. The monoisotopic (exact) mass is 440 g/mol. The Morgan fingerprint density at radius 3 is 2.50 bits per heavy atom. The van der Waals surface area contributed by atoms with Gasteiger partial charge in [-0.1, -0.05) is 38.7 Å². The van der Waals surface area contributed by atoms with E-state index in [9.17, 15) is 25.1 Å². The van der Waals surface area contributed by atoms with Gasteiger partial charge in [-0.15, -0.1) is 0 Å². The lowest BCUT2D eigenvalue weighted by atomic mass is 9.84. The molecule has 166 valence electrons. The Balaban J connectivity index is 1.58. The molecule has 0 saturated carbocycles. The number of hydrogen-bond acceptors (Lipinski definition) is 9. The number of benzene rings is 1. The van der Waals surface area contributed by atoms with Crippen molar-refractivity contribution in [3.05, 3.63) is 29.3 Å². The van der Waals surface area contributed by atoms with E-state index in [1.54, 1.807) is 18.2 Å². The fourth-order valence-corrected chi connectivity index (χ4v) is 5.33. The predicted molar refractivity (Wildman–Crippen MR) is 107 cm³/mol. The van der Waals surface area contributed by atoms with E-state index in [0.717, 1.165) is 12.8 Å². The molecule has 2 heterocycles. The van der Waals surface area contributed by atoms with Gasteiger partial charge in [-0.25, -0.2) is 0 Å². The first-order chi connectivity index (χ1) is 14.2.